The average molecular weight is 276 g/mol. The molecule has 0 aliphatic rings. The lowest BCUT2D eigenvalue weighted by atomic mass is 10.2. The van der Waals surface area contributed by atoms with Gasteiger partial charge in [0, 0.05) is 12.1 Å². The van der Waals surface area contributed by atoms with E-state index in [2.05, 4.69) is 9.99 Å². The second kappa shape index (κ2) is 5.87. The molecule has 1 aromatic heterocycles. The number of nitro groups is 1. The second-order valence-corrected chi connectivity index (χ2v) is 4.39. The Balaban J connectivity index is 1.95. The third-order valence-electron chi connectivity index (χ3n) is 2.16. The van der Waals surface area contributed by atoms with E-state index < -0.39 is 10.9 Å². The molecule has 0 radical (unpaired) electrons. The molecular weight excluding hydrogens is 268 g/mol. The molecule has 7 heteroatoms. The lowest BCUT2D eigenvalue weighted by Crippen LogP contribution is -1.97. The number of carbonyl (C=O) groups is 1. The van der Waals surface area contributed by atoms with E-state index in [1.165, 1.54) is 41.8 Å². The van der Waals surface area contributed by atoms with Crippen LogP contribution in [-0.2, 0) is 4.84 Å². The van der Waals surface area contributed by atoms with Gasteiger partial charge < -0.3 is 4.84 Å². The smallest absolute Gasteiger partial charge is 0.312 e. The van der Waals surface area contributed by atoms with Gasteiger partial charge in [-0.25, -0.2) is 4.79 Å². The molecule has 0 atom stereocenters. The maximum absolute atomic E-state index is 11.4. The topological polar surface area (TPSA) is 81.8 Å². The molecule has 0 saturated heterocycles. The first-order valence-electron chi connectivity index (χ1n) is 5.19. The van der Waals surface area contributed by atoms with Crippen molar-refractivity contribution in [1.29, 1.82) is 0 Å². The predicted octanol–water partition coefficient (Wildman–Crippen LogP) is 2.85. The molecule has 0 spiro atoms. The van der Waals surface area contributed by atoms with Gasteiger partial charge in [0.05, 0.1) is 11.1 Å². The number of oxime groups is 1. The molecule has 0 fully saturated rings. The summed E-state index contributed by atoms with van der Waals surface area (Å²) in [5.74, 6) is -0.534. The van der Waals surface area contributed by atoms with Gasteiger partial charge in [0.1, 0.15) is 4.88 Å². The van der Waals surface area contributed by atoms with Crippen LogP contribution in [0.4, 0.5) is 5.69 Å². The Morgan fingerprint density at radius 3 is 2.63 bits per heavy atom. The van der Waals surface area contributed by atoms with Crippen molar-refractivity contribution in [2.24, 2.45) is 5.16 Å². The third kappa shape index (κ3) is 3.46. The van der Waals surface area contributed by atoms with Crippen molar-refractivity contribution in [1.82, 2.24) is 0 Å². The molecule has 1 aromatic carbocycles. The molecule has 2 rings (SSSR count). The quantitative estimate of drug-likeness (QED) is 0.372. The summed E-state index contributed by atoms with van der Waals surface area (Å²) in [6.07, 6.45) is 1.31. The van der Waals surface area contributed by atoms with Crippen LogP contribution < -0.4 is 0 Å². The van der Waals surface area contributed by atoms with Crippen molar-refractivity contribution in [3.63, 3.8) is 0 Å². The molecule has 0 aliphatic carbocycles. The number of hydrogen-bond acceptors (Lipinski definition) is 6. The number of thiophene rings is 1. The first-order valence-corrected chi connectivity index (χ1v) is 6.07. The standard InChI is InChI=1S/C12H8N2O4S/c15-12(11-2-1-7-19-11)18-13-8-9-3-5-10(6-4-9)14(16)17/h1-8H/b13-8+. The molecule has 2 aromatic rings. The number of carbonyl (C=O) groups excluding carboxylic acids is 1. The number of nitrogens with zero attached hydrogens (tertiary/aromatic N) is 2. The van der Waals surface area contributed by atoms with E-state index in [1.807, 2.05) is 0 Å². The van der Waals surface area contributed by atoms with Crippen LogP contribution in [0.3, 0.4) is 0 Å². The largest absolute Gasteiger partial charge is 0.375 e. The molecule has 0 bridgehead atoms. The van der Waals surface area contributed by atoms with Crippen molar-refractivity contribution in [3.8, 4) is 0 Å². The zero-order valence-electron chi connectivity index (χ0n) is 9.55. The van der Waals surface area contributed by atoms with Gasteiger partial charge in [-0.15, -0.1) is 11.3 Å². The number of benzene rings is 1. The second-order valence-electron chi connectivity index (χ2n) is 3.44. The summed E-state index contributed by atoms with van der Waals surface area (Å²) in [6, 6.07) is 9.10. The van der Waals surface area contributed by atoms with E-state index in [0.29, 0.717) is 10.4 Å². The first kappa shape index (κ1) is 12.9. The van der Waals surface area contributed by atoms with Gasteiger partial charge in [-0.3, -0.25) is 10.1 Å². The van der Waals surface area contributed by atoms with Gasteiger partial charge in [0.2, 0.25) is 0 Å². The summed E-state index contributed by atoms with van der Waals surface area (Å²) >= 11 is 1.26. The Bertz CT molecular complexity index is 605. The lowest BCUT2D eigenvalue weighted by molar-refractivity contribution is -0.384. The van der Waals surface area contributed by atoms with Crippen LogP contribution in [0, 0.1) is 10.1 Å². The number of nitro benzene ring substituents is 1. The van der Waals surface area contributed by atoms with Crippen LogP contribution >= 0.6 is 11.3 Å². The van der Waals surface area contributed by atoms with Gasteiger partial charge in [-0.2, -0.15) is 0 Å². The molecule has 0 amide bonds. The predicted molar refractivity (Wildman–Crippen MR) is 70.4 cm³/mol. The molecule has 0 aliphatic heterocycles. The van der Waals surface area contributed by atoms with E-state index in [9.17, 15) is 14.9 Å². The van der Waals surface area contributed by atoms with E-state index in [0.717, 1.165) is 0 Å². The van der Waals surface area contributed by atoms with Crippen molar-refractivity contribution in [2.75, 3.05) is 0 Å². The van der Waals surface area contributed by atoms with Gasteiger partial charge in [-0.05, 0) is 29.1 Å². The Labute approximate surface area is 112 Å². The average Bonchev–Trinajstić information content (AvgIpc) is 2.93. The maximum Gasteiger partial charge on any atom is 0.375 e. The highest BCUT2D eigenvalue weighted by Gasteiger charge is 2.07. The molecule has 0 saturated carbocycles. The summed E-state index contributed by atoms with van der Waals surface area (Å²) in [6.45, 7) is 0. The molecule has 1 heterocycles. The summed E-state index contributed by atoms with van der Waals surface area (Å²) in [5, 5.41) is 15.7. The summed E-state index contributed by atoms with van der Waals surface area (Å²) in [7, 11) is 0. The molecule has 0 unspecified atom stereocenters. The number of non-ortho nitro benzene ring substituents is 1. The van der Waals surface area contributed by atoms with Crippen LogP contribution in [0.2, 0.25) is 0 Å². The zero-order chi connectivity index (χ0) is 13.7. The van der Waals surface area contributed by atoms with Crippen LogP contribution in [0.1, 0.15) is 15.2 Å². The fourth-order valence-corrected chi connectivity index (χ4v) is 1.85. The van der Waals surface area contributed by atoms with Crippen LogP contribution in [0.5, 0.6) is 0 Å². The SMILES string of the molecule is O=C(O/N=C/c1ccc([N+](=O)[O-])cc1)c1cccs1. The minimum atomic E-state index is -0.534. The van der Waals surface area contributed by atoms with Gasteiger partial charge in [0.15, 0.2) is 0 Å². The minimum Gasteiger partial charge on any atom is -0.312 e. The zero-order valence-corrected chi connectivity index (χ0v) is 10.4. The Hall–Kier alpha value is -2.54. The minimum absolute atomic E-state index is 0.00673. The van der Waals surface area contributed by atoms with Gasteiger partial charge in [-0.1, -0.05) is 11.2 Å². The highest BCUT2D eigenvalue weighted by atomic mass is 32.1. The van der Waals surface area contributed by atoms with E-state index in [-0.39, 0.29) is 5.69 Å². The van der Waals surface area contributed by atoms with Crippen LogP contribution in [-0.4, -0.2) is 17.1 Å². The molecule has 0 N–H and O–H groups in total. The summed E-state index contributed by atoms with van der Waals surface area (Å²) in [5.41, 5.74) is 0.595. The maximum atomic E-state index is 11.4. The van der Waals surface area contributed by atoms with Crippen LogP contribution in [0.25, 0.3) is 0 Å². The molecular formula is C12H8N2O4S. The fraction of sp³-hybridized carbons (Fsp3) is 0. The van der Waals surface area contributed by atoms with E-state index >= 15 is 0 Å². The summed E-state index contributed by atoms with van der Waals surface area (Å²) in [4.78, 5) is 26.5. The number of hydrogen-bond donors (Lipinski definition) is 0. The molecule has 96 valence electrons. The fourth-order valence-electron chi connectivity index (χ4n) is 1.26. The Morgan fingerprint density at radius 1 is 1.32 bits per heavy atom. The van der Waals surface area contributed by atoms with Crippen molar-refractivity contribution < 1.29 is 14.6 Å². The molecule has 6 nitrogen and oxygen atoms in total. The first-order chi connectivity index (χ1) is 9.16. The Morgan fingerprint density at radius 2 is 2.05 bits per heavy atom. The van der Waals surface area contributed by atoms with Crippen molar-refractivity contribution in [2.45, 2.75) is 0 Å². The van der Waals surface area contributed by atoms with Crippen molar-refractivity contribution in [3.05, 3.63) is 62.3 Å². The van der Waals surface area contributed by atoms with E-state index in [4.69, 9.17) is 0 Å². The van der Waals surface area contributed by atoms with Crippen molar-refractivity contribution >= 4 is 29.2 Å². The summed E-state index contributed by atoms with van der Waals surface area (Å²) < 4.78 is 0. The molecule has 19 heavy (non-hydrogen) atoms. The van der Waals surface area contributed by atoms with E-state index in [1.54, 1.807) is 17.5 Å². The highest BCUT2D eigenvalue weighted by Crippen LogP contribution is 2.11. The highest BCUT2D eigenvalue weighted by molar-refractivity contribution is 7.11. The Kier molecular flexibility index (Phi) is 3.99. The normalized spacial score (nSPS) is 10.5. The third-order valence-corrected chi connectivity index (χ3v) is 3.01. The monoisotopic (exact) mass is 276 g/mol. The van der Waals surface area contributed by atoms with Crippen LogP contribution in [0.15, 0.2) is 46.9 Å². The lowest BCUT2D eigenvalue weighted by Gasteiger charge is -1.94. The van der Waals surface area contributed by atoms with Gasteiger partial charge in [0.25, 0.3) is 5.69 Å². The van der Waals surface area contributed by atoms with Gasteiger partial charge >= 0.3 is 5.97 Å². The number of rotatable bonds is 4.